The molecular formula is C19H22BNO. The van der Waals surface area contributed by atoms with E-state index < -0.39 is 0 Å². The molecule has 0 aromatic heterocycles. The molecule has 22 heavy (non-hydrogen) atoms. The van der Waals surface area contributed by atoms with E-state index in [4.69, 9.17) is 4.65 Å². The van der Waals surface area contributed by atoms with Crippen molar-refractivity contribution in [1.82, 2.24) is 4.81 Å². The fraction of sp³-hybridized carbons (Fsp3) is 0.368. The van der Waals surface area contributed by atoms with Gasteiger partial charge < -0.3 is 9.47 Å². The summed E-state index contributed by atoms with van der Waals surface area (Å²) in [6, 6.07) is 22.1. The molecular weight excluding hydrogens is 269 g/mol. The molecule has 0 aliphatic carbocycles. The molecule has 1 unspecified atom stereocenters. The molecule has 3 heteroatoms. The van der Waals surface area contributed by atoms with Gasteiger partial charge in [-0.15, -0.1) is 0 Å². The third-order valence-electron chi connectivity index (χ3n) is 5.26. The lowest BCUT2D eigenvalue weighted by molar-refractivity contribution is 0.0263. The van der Waals surface area contributed by atoms with Gasteiger partial charge in [0.2, 0.25) is 0 Å². The first-order valence-electron chi connectivity index (χ1n) is 8.34. The number of hydrogen-bond donors (Lipinski definition) is 0. The monoisotopic (exact) mass is 291 g/mol. The number of hydrogen-bond acceptors (Lipinski definition) is 2. The van der Waals surface area contributed by atoms with Crippen LogP contribution in [0.4, 0.5) is 0 Å². The van der Waals surface area contributed by atoms with E-state index >= 15 is 0 Å². The van der Waals surface area contributed by atoms with Crippen LogP contribution < -0.4 is 0 Å². The molecule has 0 spiro atoms. The van der Waals surface area contributed by atoms with Gasteiger partial charge >= 0.3 is 7.05 Å². The zero-order valence-electron chi connectivity index (χ0n) is 13.1. The summed E-state index contributed by atoms with van der Waals surface area (Å²) in [5, 5.41) is 0. The van der Waals surface area contributed by atoms with Gasteiger partial charge in [-0.3, -0.25) is 0 Å². The van der Waals surface area contributed by atoms with E-state index in [-0.39, 0.29) is 12.7 Å². The lowest BCUT2D eigenvalue weighted by Crippen LogP contribution is -2.56. The first kappa shape index (κ1) is 14.0. The van der Waals surface area contributed by atoms with Crippen LogP contribution in [0.25, 0.3) is 0 Å². The van der Waals surface area contributed by atoms with Gasteiger partial charge in [-0.1, -0.05) is 60.7 Å². The van der Waals surface area contributed by atoms with Gasteiger partial charge in [0, 0.05) is 6.04 Å². The molecule has 2 heterocycles. The lowest BCUT2D eigenvalue weighted by atomic mass is 9.70. The third-order valence-corrected chi connectivity index (χ3v) is 5.26. The van der Waals surface area contributed by atoms with E-state index in [1.807, 2.05) is 0 Å². The second-order valence-corrected chi connectivity index (χ2v) is 6.51. The molecule has 0 N–H and O–H groups in total. The Morgan fingerprint density at radius 1 is 1.00 bits per heavy atom. The zero-order valence-corrected chi connectivity index (χ0v) is 13.1. The van der Waals surface area contributed by atoms with E-state index in [0.29, 0.717) is 6.04 Å². The fourth-order valence-corrected chi connectivity index (χ4v) is 4.25. The Balaban J connectivity index is 1.83. The van der Waals surface area contributed by atoms with Crippen molar-refractivity contribution in [2.45, 2.75) is 37.7 Å². The molecule has 0 amide bonds. The molecule has 2 aliphatic heterocycles. The Bertz CT molecular complexity index is 591. The number of rotatable bonds is 2. The van der Waals surface area contributed by atoms with Crippen molar-refractivity contribution in [2.75, 3.05) is 6.54 Å². The molecule has 2 fully saturated rings. The third kappa shape index (κ3) is 2.20. The van der Waals surface area contributed by atoms with E-state index in [1.54, 1.807) is 0 Å². The highest BCUT2D eigenvalue weighted by atomic mass is 16.5. The minimum absolute atomic E-state index is 0.168. The highest BCUT2D eigenvalue weighted by molar-refractivity contribution is 6.47. The van der Waals surface area contributed by atoms with Gasteiger partial charge in [0.1, 0.15) is 5.60 Å². The zero-order chi connectivity index (χ0) is 15.0. The molecule has 4 rings (SSSR count). The van der Waals surface area contributed by atoms with Crippen LogP contribution in [0.3, 0.4) is 0 Å². The van der Waals surface area contributed by atoms with Gasteiger partial charge in [0.25, 0.3) is 0 Å². The second kappa shape index (κ2) is 5.56. The van der Waals surface area contributed by atoms with E-state index in [1.165, 1.54) is 30.5 Å². The summed E-state index contributed by atoms with van der Waals surface area (Å²) in [6.45, 7) is 3.38. The van der Waals surface area contributed by atoms with Crippen LogP contribution in [-0.4, -0.2) is 24.4 Å². The first-order valence-corrected chi connectivity index (χ1v) is 8.34. The van der Waals surface area contributed by atoms with E-state index in [0.717, 1.165) is 6.42 Å². The average Bonchev–Trinajstić information content (AvgIpc) is 3.05. The van der Waals surface area contributed by atoms with Crippen LogP contribution in [0.2, 0.25) is 6.82 Å². The first-order chi connectivity index (χ1) is 10.8. The summed E-state index contributed by atoms with van der Waals surface area (Å²) in [4.78, 5) is 2.53. The largest absolute Gasteiger partial charge is 0.407 e. The van der Waals surface area contributed by atoms with Crippen LogP contribution in [-0.2, 0) is 10.3 Å². The summed E-state index contributed by atoms with van der Waals surface area (Å²) in [7, 11) is 0.168. The summed E-state index contributed by atoms with van der Waals surface area (Å²) in [5.74, 6) is 0. The van der Waals surface area contributed by atoms with Crippen molar-refractivity contribution in [3.05, 3.63) is 71.8 Å². The Morgan fingerprint density at radius 3 is 2.18 bits per heavy atom. The SMILES string of the molecule is CB1OC(c2ccccc2)(c2ccccc2)CC2CCCN12. The Kier molecular flexibility index (Phi) is 3.55. The van der Waals surface area contributed by atoms with Crippen LogP contribution in [0, 0.1) is 0 Å². The van der Waals surface area contributed by atoms with Crippen LogP contribution in [0.15, 0.2) is 60.7 Å². The van der Waals surface area contributed by atoms with Gasteiger partial charge in [-0.2, -0.15) is 0 Å². The molecule has 0 bridgehead atoms. The predicted molar refractivity (Wildman–Crippen MR) is 90.7 cm³/mol. The van der Waals surface area contributed by atoms with Crippen molar-refractivity contribution in [3.63, 3.8) is 0 Å². The molecule has 2 aromatic rings. The lowest BCUT2D eigenvalue weighted by Gasteiger charge is -2.47. The molecule has 0 radical (unpaired) electrons. The van der Waals surface area contributed by atoms with Crippen LogP contribution >= 0.6 is 0 Å². The minimum atomic E-state index is -0.312. The fourth-order valence-electron chi connectivity index (χ4n) is 4.25. The van der Waals surface area contributed by atoms with Gasteiger partial charge in [-0.05, 0) is 43.8 Å². The molecule has 112 valence electrons. The smallest absolute Gasteiger partial charge is 0.380 e. The highest BCUT2D eigenvalue weighted by Gasteiger charge is 2.49. The topological polar surface area (TPSA) is 12.5 Å². The molecule has 2 aliphatic rings. The van der Waals surface area contributed by atoms with Crippen LogP contribution in [0.1, 0.15) is 30.4 Å². The summed E-state index contributed by atoms with van der Waals surface area (Å²) < 4.78 is 6.69. The predicted octanol–water partition coefficient (Wildman–Crippen LogP) is 3.93. The molecule has 1 atom stereocenters. The number of fused-ring (bicyclic) bond motifs is 1. The quantitative estimate of drug-likeness (QED) is 0.777. The van der Waals surface area contributed by atoms with E-state index in [2.05, 4.69) is 72.3 Å². The molecule has 2 aromatic carbocycles. The summed E-state index contributed by atoms with van der Waals surface area (Å²) in [6.07, 6.45) is 3.62. The maximum Gasteiger partial charge on any atom is 0.380 e. The standard InChI is InChI=1S/C19H22BNO/c1-20-21-14-8-13-18(21)15-19(22-20,16-9-4-2-5-10-16)17-11-6-3-7-12-17/h2-7,9-12,18H,8,13-15H2,1H3. The van der Waals surface area contributed by atoms with Crippen molar-refractivity contribution in [3.8, 4) is 0 Å². The molecule has 2 nitrogen and oxygen atoms in total. The highest BCUT2D eigenvalue weighted by Crippen LogP contribution is 2.45. The Hall–Kier alpha value is -1.58. The summed E-state index contributed by atoms with van der Waals surface area (Å²) >= 11 is 0. The van der Waals surface area contributed by atoms with Crippen molar-refractivity contribution in [1.29, 1.82) is 0 Å². The van der Waals surface area contributed by atoms with Crippen LogP contribution in [0.5, 0.6) is 0 Å². The average molecular weight is 291 g/mol. The summed E-state index contributed by atoms with van der Waals surface area (Å²) in [5.41, 5.74) is 2.24. The van der Waals surface area contributed by atoms with Crippen molar-refractivity contribution in [2.24, 2.45) is 0 Å². The number of nitrogens with zero attached hydrogens (tertiary/aromatic N) is 1. The second-order valence-electron chi connectivity index (χ2n) is 6.51. The molecule has 0 saturated carbocycles. The number of benzene rings is 2. The normalized spacial score (nSPS) is 24.2. The molecule has 2 saturated heterocycles. The van der Waals surface area contributed by atoms with Gasteiger partial charge in [-0.25, -0.2) is 0 Å². The van der Waals surface area contributed by atoms with Crippen molar-refractivity contribution >= 4 is 7.05 Å². The van der Waals surface area contributed by atoms with Crippen molar-refractivity contribution < 1.29 is 4.65 Å². The van der Waals surface area contributed by atoms with Gasteiger partial charge in [0.05, 0.1) is 0 Å². The minimum Gasteiger partial charge on any atom is -0.407 e. The maximum absolute atomic E-state index is 6.69. The van der Waals surface area contributed by atoms with E-state index in [9.17, 15) is 0 Å². The Labute approximate surface area is 133 Å². The Morgan fingerprint density at radius 2 is 1.59 bits per heavy atom. The van der Waals surface area contributed by atoms with Gasteiger partial charge in [0.15, 0.2) is 0 Å². The maximum atomic E-state index is 6.69.